The molecule has 0 atom stereocenters. The number of nitrogens with two attached hydrogens (primary N) is 1. The normalized spacial score (nSPS) is 11.1. The first-order chi connectivity index (χ1) is 6.83. The van der Waals surface area contributed by atoms with E-state index >= 15 is 0 Å². The Kier molecular flexibility index (Phi) is 2.80. The monoisotopic (exact) mass is 206 g/mol. The van der Waals surface area contributed by atoms with Gasteiger partial charge in [0, 0.05) is 0 Å². The lowest BCUT2D eigenvalue weighted by atomic mass is 9.91. The molecule has 0 unspecified atom stereocenters. The van der Waals surface area contributed by atoms with Gasteiger partial charge >= 0.3 is 5.82 Å². The lowest BCUT2D eigenvalue weighted by Crippen LogP contribution is -2.33. The standard InChI is InChI=1S/C10H14N4O/c1-10(2,3)4-7-6-14(15)9(12)8(5-11)13-7/h6H,4,12H2,1-3H3. The molecule has 5 nitrogen and oxygen atoms in total. The molecule has 1 rings (SSSR count). The van der Waals surface area contributed by atoms with Gasteiger partial charge in [0.25, 0.3) is 0 Å². The van der Waals surface area contributed by atoms with E-state index in [-0.39, 0.29) is 16.9 Å². The van der Waals surface area contributed by atoms with E-state index in [1.807, 2.05) is 20.8 Å². The maximum atomic E-state index is 11.3. The number of rotatable bonds is 1. The molecule has 1 aromatic heterocycles. The Labute approximate surface area is 88.8 Å². The molecule has 0 aromatic carbocycles. The van der Waals surface area contributed by atoms with Crippen molar-refractivity contribution in [2.24, 2.45) is 5.41 Å². The minimum absolute atomic E-state index is 0.00764. The molecule has 0 bridgehead atoms. The van der Waals surface area contributed by atoms with E-state index in [0.717, 1.165) is 0 Å². The fourth-order valence-corrected chi connectivity index (χ4v) is 1.25. The molecule has 0 aliphatic heterocycles. The predicted octanol–water partition coefficient (Wildman–Crippen LogP) is 0.757. The molecular formula is C10H14N4O. The zero-order chi connectivity index (χ0) is 11.6. The van der Waals surface area contributed by atoms with Crippen LogP contribution in [0, 0.1) is 22.0 Å². The first-order valence-corrected chi connectivity index (χ1v) is 4.62. The van der Waals surface area contributed by atoms with Gasteiger partial charge in [-0.3, -0.25) is 5.73 Å². The van der Waals surface area contributed by atoms with Crippen molar-refractivity contribution >= 4 is 5.82 Å². The van der Waals surface area contributed by atoms with Crippen molar-refractivity contribution in [3.05, 3.63) is 22.8 Å². The fraction of sp³-hybridized carbons (Fsp3) is 0.500. The number of anilines is 1. The molecule has 0 aliphatic rings. The summed E-state index contributed by atoms with van der Waals surface area (Å²) in [5.41, 5.74) is 5.99. The summed E-state index contributed by atoms with van der Waals surface area (Å²) < 4.78 is 0.493. The van der Waals surface area contributed by atoms with Crippen molar-refractivity contribution in [1.29, 1.82) is 5.26 Å². The average molecular weight is 206 g/mol. The molecule has 15 heavy (non-hydrogen) atoms. The van der Waals surface area contributed by atoms with Crippen LogP contribution >= 0.6 is 0 Å². The van der Waals surface area contributed by atoms with E-state index < -0.39 is 0 Å². The Balaban J connectivity index is 3.13. The van der Waals surface area contributed by atoms with E-state index in [1.54, 1.807) is 6.07 Å². The van der Waals surface area contributed by atoms with Gasteiger partial charge in [0.1, 0.15) is 12.3 Å². The molecule has 0 radical (unpaired) electrons. The third kappa shape index (κ3) is 2.81. The van der Waals surface area contributed by atoms with Crippen LogP contribution in [0.2, 0.25) is 0 Å². The largest absolute Gasteiger partial charge is 0.710 e. The summed E-state index contributed by atoms with van der Waals surface area (Å²) in [6.07, 6.45) is 1.95. The number of nitriles is 1. The SMILES string of the molecule is CC(C)(C)Cc1c[n+]([O-])c(N)c(C#N)n1. The first-order valence-electron chi connectivity index (χ1n) is 4.62. The molecule has 0 aliphatic carbocycles. The molecule has 1 heterocycles. The number of hydrogen-bond acceptors (Lipinski definition) is 4. The number of nitrogens with zero attached hydrogens (tertiary/aromatic N) is 3. The van der Waals surface area contributed by atoms with Crippen molar-refractivity contribution < 1.29 is 4.73 Å². The second-order valence-electron chi connectivity index (χ2n) is 4.64. The molecule has 0 fully saturated rings. The Morgan fingerprint density at radius 2 is 2.20 bits per heavy atom. The highest BCUT2D eigenvalue weighted by Gasteiger charge is 2.16. The van der Waals surface area contributed by atoms with Crippen LogP contribution in [0.5, 0.6) is 0 Å². The van der Waals surface area contributed by atoms with Gasteiger partial charge < -0.3 is 5.21 Å². The Hall–Kier alpha value is -1.83. The third-order valence-electron chi connectivity index (χ3n) is 1.82. The van der Waals surface area contributed by atoms with E-state index in [4.69, 9.17) is 11.0 Å². The zero-order valence-electron chi connectivity index (χ0n) is 9.11. The highest BCUT2D eigenvalue weighted by molar-refractivity contribution is 5.38. The molecule has 0 amide bonds. The molecule has 5 heteroatoms. The second-order valence-corrected chi connectivity index (χ2v) is 4.64. The molecule has 80 valence electrons. The third-order valence-corrected chi connectivity index (χ3v) is 1.82. The van der Waals surface area contributed by atoms with E-state index in [9.17, 15) is 5.21 Å². The summed E-state index contributed by atoms with van der Waals surface area (Å²) in [5, 5.41) is 20.0. The summed E-state index contributed by atoms with van der Waals surface area (Å²) in [6, 6.07) is 1.81. The van der Waals surface area contributed by atoms with Crippen LogP contribution in [0.4, 0.5) is 5.82 Å². The second kappa shape index (κ2) is 3.73. The molecule has 0 saturated heterocycles. The number of hydrogen-bond donors (Lipinski definition) is 1. The smallest absolute Gasteiger partial charge is 0.312 e. The predicted molar refractivity (Wildman–Crippen MR) is 55.5 cm³/mol. The van der Waals surface area contributed by atoms with Gasteiger partial charge in [0.05, 0.1) is 5.69 Å². The van der Waals surface area contributed by atoms with Crippen molar-refractivity contribution in [3.8, 4) is 6.07 Å². The van der Waals surface area contributed by atoms with Crippen molar-refractivity contribution in [2.75, 3.05) is 5.73 Å². The summed E-state index contributed by atoms with van der Waals surface area (Å²) >= 11 is 0. The van der Waals surface area contributed by atoms with Gasteiger partial charge in [-0.2, -0.15) is 5.26 Å². The molecular weight excluding hydrogens is 192 g/mol. The maximum absolute atomic E-state index is 11.3. The van der Waals surface area contributed by atoms with Crippen LogP contribution in [-0.4, -0.2) is 4.98 Å². The maximum Gasteiger partial charge on any atom is 0.312 e. The van der Waals surface area contributed by atoms with E-state index in [2.05, 4.69) is 4.98 Å². The van der Waals surface area contributed by atoms with E-state index in [1.165, 1.54) is 6.20 Å². The van der Waals surface area contributed by atoms with Gasteiger partial charge in [-0.25, -0.2) is 9.71 Å². The van der Waals surface area contributed by atoms with Crippen LogP contribution in [0.15, 0.2) is 6.20 Å². The fourth-order valence-electron chi connectivity index (χ4n) is 1.25. The Morgan fingerprint density at radius 1 is 1.60 bits per heavy atom. The molecule has 2 N–H and O–H groups in total. The summed E-state index contributed by atoms with van der Waals surface area (Å²) in [7, 11) is 0. The van der Waals surface area contributed by atoms with Crippen LogP contribution in [0.1, 0.15) is 32.2 Å². The summed E-state index contributed by atoms with van der Waals surface area (Å²) in [4.78, 5) is 4.03. The van der Waals surface area contributed by atoms with Gasteiger partial charge in [0.2, 0.25) is 5.69 Å². The minimum atomic E-state index is -0.143. The van der Waals surface area contributed by atoms with Crippen LogP contribution in [-0.2, 0) is 6.42 Å². The van der Waals surface area contributed by atoms with Gasteiger partial charge in [-0.15, -0.1) is 0 Å². The van der Waals surface area contributed by atoms with Crippen molar-refractivity contribution in [2.45, 2.75) is 27.2 Å². The van der Waals surface area contributed by atoms with Gasteiger partial charge in [-0.1, -0.05) is 20.8 Å². The van der Waals surface area contributed by atoms with Crippen molar-refractivity contribution in [3.63, 3.8) is 0 Å². The Bertz CT molecular complexity index is 415. The van der Waals surface area contributed by atoms with Gasteiger partial charge in [-0.05, 0) is 11.8 Å². The quantitative estimate of drug-likeness (QED) is 0.542. The summed E-state index contributed by atoms with van der Waals surface area (Å²) in [5.74, 6) is -0.143. The van der Waals surface area contributed by atoms with Crippen molar-refractivity contribution in [1.82, 2.24) is 4.98 Å². The zero-order valence-corrected chi connectivity index (χ0v) is 9.11. The first kappa shape index (κ1) is 11.2. The van der Waals surface area contributed by atoms with E-state index in [0.29, 0.717) is 16.8 Å². The van der Waals surface area contributed by atoms with Crippen LogP contribution < -0.4 is 10.5 Å². The van der Waals surface area contributed by atoms with Crippen LogP contribution in [0.25, 0.3) is 0 Å². The highest BCUT2D eigenvalue weighted by Crippen LogP contribution is 2.19. The molecule has 1 aromatic rings. The minimum Gasteiger partial charge on any atom is -0.710 e. The number of aromatic nitrogens is 2. The Morgan fingerprint density at radius 3 is 2.67 bits per heavy atom. The number of nitrogen functional groups attached to an aromatic ring is 1. The average Bonchev–Trinajstić information content (AvgIpc) is 2.08. The lowest BCUT2D eigenvalue weighted by Gasteiger charge is -2.17. The van der Waals surface area contributed by atoms with Gasteiger partial charge in [0.15, 0.2) is 0 Å². The molecule has 0 saturated carbocycles. The highest BCUT2D eigenvalue weighted by atomic mass is 16.5. The molecule has 0 spiro atoms. The van der Waals surface area contributed by atoms with Crippen LogP contribution in [0.3, 0.4) is 0 Å². The topological polar surface area (TPSA) is 89.6 Å². The lowest BCUT2D eigenvalue weighted by molar-refractivity contribution is -0.591. The summed E-state index contributed by atoms with van der Waals surface area (Å²) in [6.45, 7) is 6.10.